The molecule has 1 aliphatic carbocycles. The lowest BCUT2D eigenvalue weighted by Gasteiger charge is -2.49. The zero-order chi connectivity index (χ0) is 11.0. The van der Waals surface area contributed by atoms with Gasteiger partial charge in [0.1, 0.15) is 5.78 Å². The Balaban J connectivity index is 3.12. The van der Waals surface area contributed by atoms with Gasteiger partial charge < -0.3 is 0 Å². The van der Waals surface area contributed by atoms with Crippen molar-refractivity contribution >= 4 is 5.78 Å². The first-order valence-electron chi connectivity index (χ1n) is 5.51. The zero-order valence-corrected chi connectivity index (χ0v) is 9.94. The van der Waals surface area contributed by atoms with Crippen LogP contribution in [0.1, 0.15) is 53.4 Å². The molecule has 0 aromatic carbocycles. The summed E-state index contributed by atoms with van der Waals surface area (Å²) >= 11 is 0. The number of rotatable bonds is 2. The van der Waals surface area contributed by atoms with Crippen LogP contribution in [0.25, 0.3) is 0 Å². The van der Waals surface area contributed by atoms with Crippen molar-refractivity contribution < 1.29 is 4.79 Å². The summed E-state index contributed by atoms with van der Waals surface area (Å²) in [6.07, 6.45) is 4.54. The molecule has 1 fully saturated rings. The Morgan fingerprint density at radius 1 is 1.07 bits per heavy atom. The molecule has 80 valence electrons. The summed E-state index contributed by atoms with van der Waals surface area (Å²) in [5.74, 6) is 0.322. The SMILES string of the molecule is C=C(C)C1(C)CCCCC1(C)C(C)=O. The summed E-state index contributed by atoms with van der Waals surface area (Å²) in [4.78, 5) is 11.8. The van der Waals surface area contributed by atoms with Crippen LogP contribution in [0.4, 0.5) is 0 Å². The summed E-state index contributed by atoms with van der Waals surface area (Å²) in [5, 5.41) is 0. The summed E-state index contributed by atoms with van der Waals surface area (Å²) in [6.45, 7) is 12.2. The maximum absolute atomic E-state index is 11.8. The van der Waals surface area contributed by atoms with E-state index in [4.69, 9.17) is 0 Å². The minimum absolute atomic E-state index is 0.0110. The minimum Gasteiger partial charge on any atom is -0.299 e. The highest BCUT2D eigenvalue weighted by atomic mass is 16.1. The molecule has 1 heteroatoms. The van der Waals surface area contributed by atoms with E-state index < -0.39 is 0 Å². The van der Waals surface area contributed by atoms with E-state index >= 15 is 0 Å². The smallest absolute Gasteiger partial charge is 0.136 e. The van der Waals surface area contributed by atoms with Crippen molar-refractivity contribution in [3.8, 4) is 0 Å². The lowest BCUT2D eigenvalue weighted by molar-refractivity contribution is -0.134. The molecule has 1 aliphatic rings. The van der Waals surface area contributed by atoms with Crippen molar-refractivity contribution in [2.45, 2.75) is 53.4 Å². The molecule has 0 aromatic heterocycles. The molecule has 14 heavy (non-hydrogen) atoms. The molecule has 0 aliphatic heterocycles. The summed E-state index contributed by atoms with van der Waals surface area (Å²) in [7, 11) is 0. The average Bonchev–Trinajstić information content (AvgIpc) is 2.09. The molecular weight excluding hydrogens is 172 g/mol. The van der Waals surface area contributed by atoms with E-state index in [1.165, 1.54) is 12.8 Å². The van der Waals surface area contributed by atoms with Gasteiger partial charge in [0, 0.05) is 10.8 Å². The summed E-state index contributed by atoms with van der Waals surface area (Å²) in [5.41, 5.74) is 0.989. The first-order valence-corrected chi connectivity index (χ1v) is 5.51. The molecule has 1 nitrogen and oxygen atoms in total. The molecule has 0 aromatic rings. The van der Waals surface area contributed by atoms with E-state index in [1.54, 1.807) is 6.92 Å². The number of hydrogen-bond donors (Lipinski definition) is 0. The highest BCUT2D eigenvalue weighted by Gasteiger charge is 2.49. The molecule has 0 radical (unpaired) electrons. The normalized spacial score (nSPS) is 38.0. The van der Waals surface area contributed by atoms with E-state index in [0.717, 1.165) is 18.4 Å². The van der Waals surface area contributed by atoms with Crippen LogP contribution in [-0.2, 0) is 4.79 Å². The quantitative estimate of drug-likeness (QED) is 0.612. The average molecular weight is 194 g/mol. The first kappa shape index (κ1) is 11.5. The Hall–Kier alpha value is -0.590. The molecule has 1 rings (SSSR count). The van der Waals surface area contributed by atoms with Crippen LogP contribution in [0, 0.1) is 10.8 Å². The first-order chi connectivity index (χ1) is 6.34. The van der Waals surface area contributed by atoms with Gasteiger partial charge in [-0.15, -0.1) is 0 Å². The van der Waals surface area contributed by atoms with Gasteiger partial charge in [-0.05, 0) is 26.7 Å². The van der Waals surface area contributed by atoms with E-state index in [-0.39, 0.29) is 10.8 Å². The van der Waals surface area contributed by atoms with Crippen LogP contribution < -0.4 is 0 Å². The molecule has 0 N–H and O–H groups in total. The molecule has 0 spiro atoms. The molecule has 0 bridgehead atoms. The monoisotopic (exact) mass is 194 g/mol. The van der Waals surface area contributed by atoms with Gasteiger partial charge in [-0.1, -0.05) is 38.8 Å². The second-order valence-electron chi connectivity index (χ2n) is 5.21. The third kappa shape index (κ3) is 1.43. The Labute approximate surface area is 87.6 Å². The fraction of sp³-hybridized carbons (Fsp3) is 0.769. The Kier molecular flexibility index (Phi) is 2.89. The van der Waals surface area contributed by atoms with Gasteiger partial charge in [0.05, 0.1) is 0 Å². The van der Waals surface area contributed by atoms with E-state index in [2.05, 4.69) is 27.4 Å². The highest BCUT2D eigenvalue weighted by molar-refractivity contribution is 5.83. The van der Waals surface area contributed by atoms with Crippen molar-refractivity contribution in [3.05, 3.63) is 12.2 Å². The Morgan fingerprint density at radius 2 is 1.50 bits per heavy atom. The second-order valence-corrected chi connectivity index (χ2v) is 5.21. The van der Waals surface area contributed by atoms with Gasteiger partial charge in [0.2, 0.25) is 0 Å². The molecule has 2 unspecified atom stereocenters. The standard InChI is InChI=1S/C13H22O/c1-10(2)12(4)8-6-7-9-13(12,5)11(3)14/h1,6-9H2,2-5H3. The van der Waals surface area contributed by atoms with Crippen molar-refractivity contribution in [2.24, 2.45) is 10.8 Å². The third-order valence-electron chi connectivity index (χ3n) is 4.54. The van der Waals surface area contributed by atoms with Crippen molar-refractivity contribution in [1.29, 1.82) is 0 Å². The summed E-state index contributed by atoms with van der Waals surface area (Å²) in [6, 6.07) is 0. The fourth-order valence-corrected chi connectivity index (χ4v) is 2.76. The predicted octanol–water partition coefficient (Wildman–Crippen LogP) is 3.74. The lowest BCUT2D eigenvalue weighted by Crippen LogP contribution is -2.45. The van der Waals surface area contributed by atoms with Crippen LogP contribution in [0.5, 0.6) is 0 Å². The molecule has 0 amide bonds. The van der Waals surface area contributed by atoms with Gasteiger partial charge >= 0.3 is 0 Å². The number of carbonyl (C=O) groups excluding carboxylic acids is 1. The largest absolute Gasteiger partial charge is 0.299 e. The fourth-order valence-electron chi connectivity index (χ4n) is 2.76. The van der Waals surface area contributed by atoms with Gasteiger partial charge in [0.15, 0.2) is 0 Å². The van der Waals surface area contributed by atoms with Gasteiger partial charge in [-0.3, -0.25) is 4.79 Å². The minimum atomic E-state index is -0.183. The van der Waals surface area contributed by atoms with Crippen LogP contribution in [0.3, 0.4) is 0 Å². The third-order valence-corrected chi connectivity index (χ3v) is 4.54. The molecule has 0 saturated heterocycles. The van der Waals surface area contributed by atoms with Crippen molar-refractivity contribution in [1.82, 2.24) is 0 Å². The number of Topliss-reactive ketones (excluding diaryl/α,β-unsaturated/α-hetero) is 1. The topological polar surface area (TPSA) is 17.1 Å². The molecule has 1 saturated carbocycles. The summed E-state index contributed by atoms with van der Waals surface area (Å²) < 4.78 is 0. The van der Waals surface area contributed by atoms with Gasteiger partial charge in [-0.2, -0.15) is 0 Å². The maximum atomic E-state index is 11.8. The van der Waals surface area contributed by atoms with Crippen LogP contribution in [0.15, 0.2) is 12.2 Å². The number of allylic oxidation sites excluding steroid dienone is 1. The number of hydrogen-bond acceptors (Lipinski definition) is 1. The molecular formula is C13H22O. The predicted molar refractivity (Wildman–Crippen MR) is 60.2 cm³/mol. The Bertz CT molecular complexity index is 238. The number of carbonyl (C=O) groups is 1. The van der Waals surface area contributed by atoms with Crippen molar-refractivity contribution in [3.63, 3.8) is 0 Å². The lowest BCUT2D eigenvalue weighted by atomic mass is 9.54. The van der Waals surface area contributed by atoms with Crippen molar-refractivity contribution in [2.75, 3.05) is 0 Å². The van der Waals surface area contributed by atoms with Crippen LogP contribution in [0.2, 0.25) is 0 Å². The van der Waals surface area contributed by atoms with E-state index in [0.29, 0.717) is 5.78 Å². The molecule has 2 atom stereocenters. The van der Waals surface area contributed by atoms with Gasteiger partial charge in [0.25, 0.3) is 0 Å². The van der Waals surface area contributed by atoms with Crippen LogP contribution >= 0.6 is 0 Å². The van der Waals surface area contributed by atoms with E-state index in [1.807, 2.05) is 0 Å². The Morgan fingerprint density at radius 3 is 1.79 bits per heavy atom. The maximum Gasteiger partial charge on any atom is 0.136 e. The van der Waals surface area contributed by atoms with Gasteiger partial charge in [-0.25, -0.2) is 0 Å². The second kappa shape index (κ2) is 3.52. The van der Waals surface area contributed by atoms with Crippen LogP contribution in [-0.4, -0.2) is 5.78 Å². The zero-order valence-electron chi connectivity index (χ0n) is 9.94. The number of ketones is 1. The molecule has 0 heterocycles. The highest BCUT2D eigenvalue weighted by Crippen LogP contribution is 2.54. The van der Waals surface area contributed by atoms with E-state index in [9.17, 15) is 4.79 Å².